The molecule has 6 rings (SSSR count). The largest absolute Gasteiger partial charge is 0.416 e. The van der Waals surface area contributed by atoms with E-state index >= 15 is 0 Å². The molecule has 0 radical (unpaired) electrons. The third-order valence-corrected chi connectivity index (χ3v) is 12.1. The molecule has 2 saturated heterocycles. The van der Waals surface area contributed by atoms with Gasteiger partial charge in [-0.15, -0.1) is 0 Å². The molecule has 2 aliphatic heterocycles. The van der Waals surface area contributed by atoms with Crippen molar-refractivity contribution < 1.29 is 37.1 Å². The Morgan fingerprint density at radius 2 is 1.50 bits per heavy atom. The molecule has 15 heteroatoms. The van der Waals surface area contributed by atoms with Crippen LogP contribution in [-0.2, 0) is 32.8 Å². The predicted octanol–water partition coefficient (Wildman–Crippen LogP) is 8.44. The van der Waals surface area contributed by atoms with Gasteiger partial charge in [-0.25, -0.2) is 0 Å². The molecule has 0 saturated carbocycles. The Morgan fingerprint density at radius 3 is 2.31 bits per heavy atom. The minimum atomic E-state index is -4.49. The maximum Gasteiger partial charge on any atom is 0.416 e. The van der Waals surface area contributed by atoms with Crippen LogP contribution in [0, 0.1) is 0 Å². The molecule has 4 aromatic rings. The molecule has 2 aliphatic rings. The number of halogens is 3. The molecular weight excluding hydrogens is 818 g/mol. The van der Waals surface area contributed by atoms with Crippen molar-refractivity contribution in [2.24, 2.45) is 0 Å². The van der Waals surface area contributed by atoms with E-state index in [9.17, 15) is 32.3 Å². The summed E-state index contributed by atoms with van der Waals surface area (Å²) < 4.78 is 45.5. The van der Waals surface area contributed by atoms with Gasteiger partial charge < -0.3 is 30.1 Å². The highest BCUT2D eigenvalue weighted by atomic mass is 32.2. The summed E-state index contributed by atoms with van der Waals surface area (Å²) in [7, 11) is 0. The topological polar surface area (TPSA) is 124 Å². The highest BCUT2D eigenvalue weighted by Gasteiger charge is 2.30. The lowest BCUT2D eigenvalue weighted by atomic mass is 10.0. The Labute approximate surface area is 365 Å². The van der Waals surface area contributed by atoms with E-state index in [-0.39, 0.29) is 29.8 Å². The first-order valence-electron chi connectivity index (χ1n) is 21.3. The Bertz CT molecular complexity index is 2160. The number of benzene rings is 3. The number of anilines is 2. The van der Waals surface area contributed by atoms with Crippen LogP contribution in [0.1, 0.15) is 89.3 Å². The number of pyridine rings is 1. The molecule has 0 aliphatic carbocycles. The Kier molecular flexibility index (Phi) is 16.8. The zero-order chi connectivity index (χ0) is 43.9. The van der Waals surface area contributed by atoms with Gasteiger partial charge >= 0.3 is 6.18 Å². The molecule has 0 spiro atoms. The standard InChI is InChI=1S/C47H55F3N6O5S/c1-34(57)54-21-8-22-56(24-23-54)44(58)14-7-25-61-26-9-27-62-33-36-11-5-12-37(28-36)46(60)53-42-16-15-40(55-19-3-2-4-20-55)31-41(42)43-30-38(17-18-51-43)45(59)52-32-35-10-6-13-39(29-35)47(48,49)50/h5-6,10-13,15-18,28-31H,2-4,7-9,14,19-27,32-33H2,1H3,(H,52,59)(H,53,60). The number of alkyl halides is 3. The number of nitrogens with zero attached hydrogens (tertiary/aromatic N) is 4. The molecule has 330 valence electrons. The number of nitrogens with one attached hydrogen (secondary N) is 2. The van der Waals surface area contributed by atoms with E-state index < -0.39 is 17.6 Å². The molecule has 0 unspecified atom stereocenters. The zero-order valence-electron chi connectivity index (χ0n) is 35.2. The number of hydrogen-bond acceptors (Lipinski definition) is 8. The van der Waals surface area contributed by atoms with Gasteiger partial charge in [0.2, 0.25) is 11.8 Å². The van der Waals surface area contributed by atoms with Gasteiger partial charge in [-0.3, -0.25) is 24.2 Å². The Hall–Kier alpha value is -5.41. The monoisotopic (exact) mass is 872 g/mol. The van der Waals surface area contributed by atoms with Gasteiger partial charge in [0, 0.05) is 107 Å². The highest BCUT2D eigenvalue weighted by molar-refractivity contribution is 7.98. The fourth-order valence-electron chi connectivity index (χ4n) is 7.58. The predicted molar refractivity (Wildman–Crippen MR) is 237 cm³/mol. The van der Waals surface area contributed by atoms with Crippen LogP contribution >= 0.6 is 11.8 Å². The van der Waals surface area contributed by atoms with Crippen molar-refractivity contribution in [3.63, 3.8) is 0 Å². The molecule has 4 amide bonds. The lowest BCUT2D eigenvalue weighted by Gasteiger charge is -2.29. The van der Waals surface area contributed by atoms with E-state index in [4.69, 9.17) is 4.74 Å². The molecule has 62 heavy (non-hydrogen) atoms. The molecule has 2 N–H and O–H groups in total. The number of piperidine rings is 1. The number of amides is 4. The van der Waals surface area contributed by atoms with E-state index in [0.717, 1.165) is 80.1 Å². The minimum absolute atomic E-state index is 0.0506. The van der Waals surface area contributed by atoms with Gasteiger partial charge in [-0.1, -0.05) is 24.3 Å². The van der Waals surface area contributed by atoms with Crippen LogP contribution in [0.4, 0.5) is 24.5 Å². The van der Waals surface area contributed by atoms with Crippen LogP contribution in [0.5, 0.6) is 0 Å². The molecule has 0 atom stereocenters. The van der Waals surface area contributed by atoms with Crippen molar-refractivity contribution in [2.45, 2.75) is 70.3 Å². The zero-order valence-corrected chi connectivity index (χ0v) is 36.0. The van der Waals surface area contributed by atoms with Crippen molar-refractivity contribution >= 4 is 46.8 Å². The number of aromatic nitrogens is 1. The summed E-state index contributed by atoms with van der Waals surface area (Å²) in [4.78, 5) is 61.9. The van der Waals surface area contributed by atoms with Crippen molar-refractivity contribution in [3.05, 3.63) is 113 Å². The summed E-state index contributed by atoms with van der Waals surface area (Å²) in [6.07, 6.45) is 3.08. The minimum Gasteiger partial charge on any atom is -0.381 e. The number of carbonyl (C=O) groups excluding carboxylic acids is 4. The van der Waals surface area contributed by atoms with Crippen LogP contribution in [0.2, 0.25) is 0 Å². The van der Waals surface area contributed by atoms with Gasteiger partial charge in [-0.05, 0) is 110 Å². The summed E-state index contributed by atoms with van der Waals surface area (Å²) in [5.41, 5.74) is 3.92. The molecule has 0 bridgehead atoms. The molecule has 3 aromatic carbocycles. The maximum atomic E-state index is 13.8. The first-order valence-corrected chi connectivity index (χ1v) is 22.5. The smallest absolute Gasteiger partial charge is 0.381 e. The number of rotatable bonds is 17. The highest BCUT2D eigenvalue weighted by Crippen LogP contribution is 2.34. The van der Waals surface area contributed by atoms with Gasteiger partial charge in [0.05, 0.1) is 16.9 Å². The Balaban J connectivity index is 1.01. The third-order valence-electron chi connectivity index (χ3n) is 11.0. The maximum absolute atomic E-state index is 13.8. The number of ether oxygens (including phenoxy) is 1. The van der Waals surface area contributed by atoms with Crippen LogP contribution in [-0.4, -0.2) is 96.6 Å². The second-order valence-corrected chi connectivity index (χ2v) is 16.7. The van der Waals surface area contributed by atoms with Crippen LogP contribution in [0.25, 0.3) is 11.3 Å². The first kappa shape index (κ1) is 46.1. The quantitative estimate of drug-likeness (QED) is 0.101. The Morgan fingerprint density at radius 1 is 0.758 bits per heavy atom. The summed E-state index contributed by atoms with van der Waals surface area (Å²) in [6, 6.07) is 21.3. The lowest BCUT2D eigenvalue weighted by Crippen LogP contribution is -2.36. The summed E-state index contributed by atoms with van der Waals surface area (Å²) in [5, 5.41) is 5.80. The summed E-state index contributed by atoms with van der Waals surface area (Å²) in [6.45, 7) is 6.94. The molecule has 2 fully saturated rings. The lowest BCUT2D eigenvalue weighted by molar-refractivity contribution is -0.137. The van der Waals surface area contributed by atoms with Gasteiger partial charge in [-0.2, -0.15) is 24.9 Å². The average Bonchev–Trinajstić information content (AvgIpc) is 3.55. The molecule has 1 aromatic heterocycles. The SMILES string of the molecule is CC(=O)N1CCCN(C(=O)CCCOCCCSCc2cccc(C(=O)Nc3ccc(N4CCCCC4)cc3-c3cc(C(=O)NCc4cccc(C(F)(F)F)c4)ccn3)c2)CC1. The summed E-state index contributed by atoms with van der Waals surface area (Å²) in [5.74, 6) is 0.990. The second-order valence-electron chi connectivity index (χ2n) is 15.6. The fourth-order valence-corrected chi connectivity index (χ4v) is 8.46. The first-order chi connectivity index (χ1) is 29.9. The van der Waals surface area contributed by atoms with E-state index in [2.05, 4.69) is 20.5 Å². The van der Waals surface area contributed by atoms with Gasteiger partial charge in [0.25, 0.3) is 11.8 Å². The van der Waals surface area contributed by atoms with Crippen molar-refractivity contribution in [1.29, 1.82) is 0 Å². The van der Waals surface area contributed by atoms with E-state index in [1.165, 1.54) is 18.3 Å². The molecular formula is C47H55F3N6O5S. The van der Waals surface area contributed by atoms with E-state index in [1.54, 1.807) is 41.8 Å². The number of hydrogen-bond donors (Lipinski definition) is 2. The van der Waals surface area contributed by atoms with E-state index in [0.29, 0.717) is 80.3 Å². The van der Waals surface area contributed by atoms with Crippen molar-refractivity contribution in [1.82, 2.24) is 20.1 Å². The van der Waals surface area contributed by atoms with Crippen LogP contribution in [0.15, 0.2) is 85.1 Å². The number of thioether (sulfide) groups is 1. The summed E-state index contributed by atoms with van der Waals surface area (Å²) >= 11 is 1.75. The average molecular weight is 873 g/mol. The van der Waals surface area contributed by atoms with Crippen molar-refractivity contribution in [3.8, 4) is 11.3 Å². The third kappa shape index (κ3) is 13.5. The fraction of sp³-hybridized carbons (Fsp3) is 0.426. The van der Waals surface area contributed by atoms with Gasteiger partial charge in [0.15, 0.2) is 0 Å². The number of carbonyl (C=O) groups is 4. The van der Waals surface area contributed by atoms with E-state index in [1.807, 2.05) is 41.3 Å². The second kappa shape index (κ2) is 22.6. The normalized spacial score (nSPS) is 14.6. The van der Waals surface area contributed by atoms with Crippen LogP contribution in [0.3, 0.4) is 0 Å². The van der Waals surface area contributed by atoms with Crippen LogP contribution < -0.4 is 15.5 Å². The molecule has 11 nitrogen and oxygen atoms in total. The molecule has 3 heterocycles. The van der Waals surface area contributed by atoms with Gasteiger partial charge in [0.1, 0.15) is 0 Å². The van der Waals surface area contributed by atoms with Crippen molar-refractivity contribution in [2.75, 3.05) is 68.5 Å².